The van der Waals surface area contributed by atoms with Gasteiger partial charge in [-0.2, -0.15) is 13.2 Å². The number of carbonyl (C=O) groups is 1. The van der Waals surface area contributed by atoms with Crippen molar-refractivity contribution < 1.29 is 23.1 Å². The highest BCUT2D eigenvalue weighted by Gasteiger charge is 2.44. The molecular weight excluding hydrogens is 261 g/mol. The lowest BCUT2D eigenvalue weighted by Gasteiger charge is -2.34. The summed E-state index contributed by atoms with van der Waals surface area (Å²) in [6, 6.07) is 0. The van der Waals surface area contributed by atoms with Gasteiger partial charge in [-0.15, -0.1) is 0 Å². The Labute approximate surface area is 111 Å². The monoisotopic (exact) mass is 282 g/mol. The number of likely N-dealkylation sites (tertiary alicyclic amines) is 1. The Morgan fingerprint density at radius 2 is 2.00 bits per heavy atom. The van der Waals surface area contributed by atoms with Gasteiger partial charge < -0.3 is 10.4 Å². The molecule has 7 heteroatoms. The Morgan fingerprint density at radius 1 is 1.42 bits per heavy atom. The van der Waals surface area contributed by atoms with Gasteiger partial charge in [-0.3, -0.25) is 9.69 Å². The third kappa shape index (κ3) is 5.36. The van der Waals surface area contributed by atoms with Gasteiger partial charge in [0.25, 0.3) is 0 Å². The third-order valence-corrected chi connectivity index (χ3v) is 3.35. The lowest BCUT2D eigenvalue weighted by molar-refractivity contribution is -0.223. The third-order valence-electron chi connectivity index (χ3n) is 3.35. The topological polar surface area (TPSA) is 52.6 Å². The number of hydrogen-bond acceptors (Lipinski definition) is 3. The van der Waals surface area contributed by atoms with Crippen LogP contribution in [0, 0.1) is 5.92 Å². The van der Waals surface area contributed by atoms with Crippen LogP contribution in [0.3, 0.4) is 0 Å². The van der Waals surface area contributed by atoms with Gasteiger partial charge in [-0.1, -0.05) is 6.92 Å². The summed E-state index contributed by atoms with van der Waals surface area (Å²) < 4.78 is 37.1. The SMILES string of the molecule is CCCNC(=O)CN1CCC(C(O)C(F)(F)F)CC1. The average Bonchev–Trinajstić information content (AvgIpc) is 2.35. The molecule has 0 aromatic heterocycles. The van der Waals surface area contributed by atoms with Gasteiger partial charge in [0, 0.05) is 6.54 Å². The fourth-order valence-corrected chi connectivity index (χ4v) is 2.22. The molecule has 0 aromatic carbocycles. The second-order valence-electron chi connectivity index (χ2n) is 4.95. The predicted molar refractivity (Wildman–Crippen MR) is 64.5 cm³/mol. The molecular formula is C12H21F3N2O2. The number of piperidine rings is 1. The quantitative estimate of drug-likeness (QED) is 0.795. The minimum Gasteiger partial charge on any atom is -0.383 e. The molecule has 1 saturated heterocycles. The van der Waals surface area contributed by atoms with E-state index in [-0.39, 0.29) is 25.3 Å². The van der Waals surface area contributed by atoms with E-state index in [0.717, 1.165) is 6.42 Å². The summed E-state index contributed by atoms with van der Waals surface area (Å²) in [7, 11) is 0. The number of halogens is 3. The number of amides is 1. The fraction of sp³-hybridized carbons (Fsp3) is 0.917. The highest BCUT2D eigenvalue weighted by atomic mass is 19.4. The summed E-state index contributed by atoms with van der Waals surface area (Å²) in [6.07, 6.45) is -5.41. The smallest absolute Gasteiger partial charge is 0.383 e. The number of carbonyl (C=O) groups excluding carboxylic acids is 1. The van der Waals surface area contributed by atoms with Gasteiger partial charge in [0.15, 0.2) is 6.10 Å². The molecule has 1 amide bonds. The van der Waals surface area contributed by atoms with E-state index in [9.17, 15) is 23.1 Å². The van der Waals surface area contributed by atoms with Crippen LogP contribution in [-0.4, -0.2) is 54.4 Å². The Bertz CT molecular complexity index is 289. The van der Waals surface area contributed by atoms with Crippen LogP contribution in [0.1, 0.15) is 26.2 Å². The van der Waals surface area contributed by atoms with Crippen LogP contribution in [0.2, 0.25) is 0 Å². The molecule has 19 heavy (non-hydrogen) atoms. The van der Waals surface area contributed by atoms with Crippen LogP contribution in [0.25, 0.3) is 0 Å². The Hall–Kier alpha value is -0.820. The van der Waals surface area contributed by atoms with E-state index in [2.05, 4.69) is 5.32 Å². The van der Waals surface area contributed by atoms with Gasteiger partial charge in [0.05, 0.1) is 6.54 Å². The largest absolute Gasteiger partial charge is 0.414 e. The molecule has 1 fully saturated rings. The van der Waals surface area contributed by atoms with Crippen LogP contribution >= 0.6 is 0 Å². The molecule has 0 aliphatic carbocycles. The van der Waals surface area contributed by atoms with E-state index in [1.165, 1.54) is 0 Å². The van der Waals surface area contributed by atoms with Crippen molar-refractivity contribution in [3.63, 3.8) is 0 Å². The second kappa shape index (κ2) is 7.09. The van der Waals surface area contributed by atoms with Gasteiger partial charge >= 0.3 is 6.18 Å². The zero-order valence-electron chi connectivity index (χ0n) is 11.0. The van der Waals surface area contributed by atoms with E-state index in [0.29, 0.717) is 19.6 Å². The summed E-state index contributed by atoms with van der Waals surface area (Å²) in [5.74, 6) is -0.855. The van der Waals surface area contributed by atoms with Crippen molar-refractivity contribution in [3.8, 4) is 0 Å². The maximum Gasteiger partial charge on any atom is 0.414 e. The van der Waals surface area contributed by atoms with Gasteiger partial charge in [0.1, 0.15) is 0 Å². The highest BCUT2D eigenvalue weighted by Crippen LogP contribution is 2.31. The van der Waals surface area contributed by atoms with Crippen molar-refractivity contribution >= 4 is 5.91 Å². The van der Waals surface area contributed by atoms with Crippen LogP contribution < -0.4 is 5.32 Å². The molecule has 2 N–H and O–H groups in total. The van der Waals surface area contributed by atoms with E-state index in [4.69, 9.17) is 0 Å². The minimum atomic E-state index is -4.55. The molecule has 0 saturated carbocycles. The Balaban J connectivity index is 2.31. The van der Waals surface area contributed by atoms with Crippen LogP contribution in [0.4, 0.5) is 13.2 Å². The maximum absolute atomic E-state index is 12.4. The zero-order chi connectivity index (χ0) is 14.5. The average molecular weight is 282 g/mol. The number of nitrogens with one attached hydrogen (secondary N) is 1. The van der Waals surface area contributed by atoms with Crippen molar-refractivity contribution in [3.05, 3.63) is 0 Å². The number of alkyl halides is 3. The fourth-order valence-electron chi connectivity index (χ4n) is 2.22. The number of hydrogen-bond donors (Lipinski definition) is 2. The summed E-state index contributed by atoms with van der Waals surface area (Å²) in [5.41, 5.74) is 0. The predicted octanol–water partition coefficient (Wildman–Crippen LogP) is 1.15. The van der Waals surface area contributed by atoms with E-state index >= 15 is 0 Å². The molecule has 1 aliphatic heterocycles. The molecule has 1 rings (SSSR count). The Morgan fingerprint density at radius 3 is 2.47 bits per heavy atom. The maximum atomic E-state index is 12.4. The van der Waals surface area contributed by atoms with E-state index in [1.807, 2.05) is 11.8 Å². The molecule has 0 aromatic rings. The van der Waals surface area contributed by atoms with E-state index < -0.39 is 18.2 Å². The first-order valence-electron chi connectivity index (χ1n) is 6.58. The first-order valence-corrected chi connectivity index (χ1v) is 6.58. The Kier molecular flexibility index (Phi) is 6.06. The summed E-state index contributed by atoms with van der Waals surface area (Å²) in [4.78, 5) is 13.3. The van der Waals surface area contributed by atoms with Crippen molar-refractivity contribution in [2.75, 3.05) is 26.2 Å². The van der Waals surface area contributed by atoms with Gasteiger partial charge in [-0.05, 0) is 38.3 Å². The molecule has 0 bridgehead atoms. The molecule has 112 valence electrons. The first-order chi connectivity index (χ1) is 8.84. The molecule has 0 spiro atoms. The molecule has 1 heterocycles. The minimum absolute atomic E-state index is 0.100. The molecule has 0 radical (unpaired) electrons. The molecule has 1 unspecified atom stereocenters. The van der Waals surface area contributed by atoms with Crippen molar-refractivity contribution in [1.29, 1.82) is 0 Å². The summed E-state index contributed by atoms with van der Waals surface area (Å²) in [5, 5.41) is 11.9. The van der Waals surface area contributed by atoms with Crippen LogP contribution in [0.5, 0.6) is 0 Å². The van der Waals surface area contributed by atoms with E-state index in [1.54, 1.807) is 0 Å². The second-order valence-corrected chi connectivity index (χ2v) is 4.95. The van der Waals surface area contributed by atoms with Gasteiger partial charge in [0.2, 0.25) is 5.91 Å². The highest BCUT2D eigenvalue weighted by molar-refractivity contribution is 5.77. The van der Waals surface area contributed by atoms with Crippen molar-refractivity contribution in [2.45, 2.75) is 38.5 Å². The first kappa shape index (κ1) is 16.2. The van der Waals surface area contributed by atoms with Crippen molar-refractivity contribution in [2.24, 2.45) is 5.92 Å². The van der Waals surface area contributed by atoms with Crippen LogP contribution in [0.15, 0.2) is 0 Å². The zero-order valence-corrected chi connectivity index (χ0v) is 11.0. The number of nitrogens with zero attached hydrogens (tertiary/aromatic N) is 1. The number of aliphatic hydroxyl groups is 1. The van der Waals surface area contributed by atoms with Gasteiger partial charge in [-0.25, -0.2) is 0 Å². The molecule has 1 aliphatic rings. The number of rotatable bonds is 5. The lowest BCUT2D eigenvalue weighted by Crippen LogP contribution is -2.46. The lowest BCUT2D eigenvalue weighted by atomic mass is 9.91. The summed E-state index contributed by atoms with van der Waals surface area (Å²) >= 11 is 0. The standard InChI is InChI=1S/C12H21F3N2O2/c1-2-5-16-10(18)8-17-6-3-9(4-7-17)11(19)12(13,14)15/h9,11,19H,2-8H2,1H3,(H,16,18). The normalized spacial score (nSPS) is 20.3. The molecule has 1 atom stereocenters. The van der Waals surface area contributed by atoms with Crippen molar-refractivity contribution in [1.82, 2.24) is 10.2 Å². The number of aliphatic hydroxyl groups excluding tert-OH is 1. The van der Waals surface area contributed by atoms with Crippen LogP contribution in [-0.2, 0) is 4.79 Å². The summed E-state index contributed by atoms with van der Waals surface area (Å²) in [6.45, 7) is 3.61. The molecule has 4 nitrogen and oxygen atoms in total.